The maximum absolute atomic E-state index is 12.5. The zero-order valence-corrected chi connectivity index (χ0v) is 13.4. The fraction of sp³-hybridized carbons (Fsp3) is 0.562. The molecule has 20 heavy (non-hydrogen) atoms. The van der Waals surface area contributed by atoms with E-state index in [1.807, 2.05) is 46.3 Å². The van der Waals surface area contributed by atoms with E-state index in [-0.39, 0.29) is 11.9 Å². The number of hydrogen-bond donors (Lipinski definition) is 2. The average molecular weight is 277 g/mol. The van der Waals surface area contributed by atoms with Gasteiger partial charge in [-0.05, 0) is 44.6 Å². The first-order valence-electron chi connectivity index (χ1n) is 7.09. The molecule has 0 aliphatic heterocycles. The molecule has 2 N–H and O–H groups in total. The highest BCUT2D eigenvalue weighted by Gasteiger charge is 2.19. The summed E-state index contributed by atoms with van der Waals surface area (Å²) in [6, 6.07) is 5.98. The zero-order valence-electron chi connectivity index (χ0n) is 13.4. The Morgan fingerprint density at radius 3 is 2.45 bits per heavy atom. The van der Waals surface area contributed by atoms with E-state index >= 15 is 0 Å². The minimum Gasteiger partial charge on any atom is -0.387 e. The van der Waals surface area contributed by atoms with E-state index in [0.29, 0.717) is 11.5 Å². The van der Waals surface area contributed by atoms with Gasteiger partial charge in [-0.1, -0.05) is 19.9 Å². The standard InChI is InChI=1S/C16H27N3O/c1-11(2)15(10-19(5)6)18-16(20)13-8-7-12(3)9-14(13)17-4/h7-9,11,15,17H,10H2,1-6H3,(H,18,20). The first-order chi connectivity index (χ1) is 9.35. The number of carbonyl (C=O) groups excluding carboxylic acids is 1. The van der Waals surface area contributed by atoms with Gasteiger partial charge >= 0.3 is 0 Å². The van der Waals surface area contributed by atoms with Gasteiger partial charge in [0.15, 0.2) is 0 Å². The van der Waals surface area contributed by atoms with Crippen LogP contribution in [0.15, 0.2) is 18.2 Å². The summed E-state index contributed by atoms with van der Waals surface area (Å²) in [5.41, 5.74) is 2.71. The molecule has 1 atom stereocenters. The molecule has 1 amide bonds. The largest absolute Gasteiger partial charge is 0.387 e. The minimum absolute atomic E-state index is 0.0186. The Balaban J connectivity index is 2.89. The SMILES string of the molecule is CNc1cc(C)ccc1C(=O)NC(CN(C)C)C(C)C. The Labute approximate surface area is 122 Å². The first kappa shape index (κ1) is 16.5. The molecule has 0 radical (unpaired) electrons. The fourth-order valence-corrected chi connectivity index (χ4v) is 2.13. The lowest BCUT2D eigenvalue weighted by molar-refractivity contribution is 0.0917. The van der Waals surface area contributed by atoms with E-state index < -0.39 is 0 Å². The second-order valence-corrected chi connectivity index (χ2v) is 5.89. The summed E-state index contributed by atoms with van der Waals surface area (Å²) < 4.78 is 0. The van der Waals surface area contributed by atoms with E-state index in [4.69, 9.17) is 0 Å². The molecule has 0 heterocycles. The number of aryl methyl sites for hydroxylation is 1. The number of rotatable bonds is 6. The molecule has 4 nitrogen and oxygen atoms in total. The van der Waals surface area contributed by atoms with Gasteiger partial charge in [0, 0.05) is 25.3 Å². The van der Waals surface area contributed by atoms with Crippen molar-refractivity contribution >= 4 is 11.6 Å². The van der Waals surface area contributed by atoms with Gasteiger partial charge in [-0.3, -0.25) is 4.79 Å². The summed E-state index contributed by atoms with van der Waals surface area (Å²) in [4.78, 5) is 14.6. The van der Waals surface area contributed by atoms with Crippen molar-refractivity contribution in [1.82, 2.24) is 10.2 Å². The lowest BCUT2D eigenvalue weighted by atomic mass is 10.0. The molecule has 1 rings (SSSR count). The van der Waals surface area contributed by atoms with Crippen LogP contribution < -0.4 is 10.6 Å². The van der Waals surface area contributed by atoms with Crippen molar-refractivity contribution in [2.75, 3.05) is 33.0 Å². The van der Waals surface area contributed by atoms with Crippen LogP contribution in [0.3, 0.4) is 0 Å². The number of nitrogens with one attached hydrogen (secondary N) is 2. The molecule has 1 aromatic carbocycles. The highest BCUT2D eigenvalue weighted by atomic mass is 16.1. The third-order valence-electron chi connectivity index (χ3n) is 3.37. The normalized spacial score (nSPS) is 12.6. The molecular formula is C16H27N3O. The Hall–Kier alpha value is -1.55. The van der Waals surface area contributed by atoms with Gasteiger partial charge in [-0.25, -0.2) is 0 Å². The summed E-state index contributed by atoms with van der Waals surface area (Å²) in [5.74, 6) is 0.375. The van der Waals surface area contributed by atoms with Crippen molar-refractivity contribution in [1.29, 1.82) is 0 Å². The summed E-state index contributed by atoms with van der Waals surface area (Å²) >= 11 is 0. The molecule has 0 aliphatic carbocycles. The van der Waals surface area contributed by atoms with Crippen LogP contribution in [0.5, 0.6) is 0 Å². The predicted octanol–water partition coefficient (Wildman–Crippen LogP) is 2.35. The number of likely N-dealkylation sites (N-methyl/N-ethyl adjacent to an activating group) is 1. The van der Waals surface area contributed by atoms with Crippen molar-refractivity contribution in [3.63, 3.8) is 0 Å². The van der Waals surface area contributed by atoms with Crippen molar-refractivity contribution in [2.45, 2.75) is 26.8 Å². The quantitative estimate of drug-likeness (QED) is 0.839. The van der Waals surface area contributed by atoms with Crippen LogP contribution in [0.1, 0.15) is 29.8 Å². The molecule has 0 aliphatic rings. The van der Waals surface area contributed by atoms with Gasteiger partial charge in [-0.15, -0.1) is 0 Å². The van der Waals surface area contributed by atoms with Crippen molar-refractivity contribution in [2.24, 2.45) is 5.92 Å². The third kappa shape index (κ3) is 4.53. The Kier molecular flexibility index (Phi) is 6.02. The Bertz CT molecular complexity index is 455. The second-order valence-electron chi connectivity index (χ2n) is 5.89. The van der Waals surface area contributed by atoms with Crippen LogP contribution in [-0.2, 0) is 0 Å². The highest BCUT2D eigenvalue weighted by Crippen LogP contribution is 2.17. The van der Waals surface area contributed by atoms with Crippen LogP contribution in [-0.4, -0.2) is 44.5 Å². The average Bonchev–Trinajstić information content (AvgIpc) is 2.36. The topological polar surface area (TPSA) is 44.4 Å². The smallest absolute Gasteiger partial charge is 0.253 e. The Morgan fingerprint density at radius 2 is 1.95 bits per heavy atom. The number of hydrogen-bond acceptors (Lipinski definition) is 3. The van der Waals surface area contributed by atoms with Crippen molar-refractivity contribution in [3.05, 3.63) is 29.3 Å². The second kappa shape index (κ2) is 7.29. The van der Waals surface area contributed by atoms with E-state index in [2.05, 4.69) is 29.4 Å². The van der Waals surface area contributed by atoms with E-state index in [1.165, 1.54) is 0 Å². The zero-order chi connectivity index (χ0) is 15.3. The summed E-state index contributed by atoms with van der Waals surface area (Å²) in [6.45, 7) is 7.11. The molecule has 0 spiro atoms. The summed E-state index contributed by atoms with van der Waals surface area (Å²) in [7, 11) is 5.88. The summed E-state index contributed by atoms with van der Waals surface area (Å²) in [6.07, 6.45) is 0. The predicted molar refractivity (Wildman–Crippen MR) is 85.4 cm³/mol. The molecule has 0 saturated carbocycles. The molecule has 4 heteroatoms. The Morgan fingerprint density at radius 1 is 1.30 bits per heavy atom. The minimum atomic E-state index is -0.0186. The maximum Gasteiger partial charge on any atom is 0.253 e. The van der Waals surface area contributed by atoms with Crippen LogP contribution in [0, 0.1) is 12.8 Å². The van der Waals surface area contributed by atoms with Crippen molar-refractivity contribution in [3.8, 4) is 0 Å². The van der Waals surface area contributed by atoms with E-state index in [1.54, 1.807) is 0 Å². The highest BCUT2D eigenvalue weighted by molar-refractivity contribution is 5.99. The third-order valence-corrected chi connectivity index (χ3v) is 3.37. The molecule has 0 saturated heterocycles. The van der Waals surface area contributed by atoms with Crippen LogP contribution in [0.2, 0.25) is 0 Å². The van der Waals surface area contributed by atoms with Crippen LogP contribution in [0.25, 0.3) is 0 Å². The first-order valence-corrected chi connectivity index (χ1v) is 7.09. The van der Waals surface area contributed by atoms with Gasteiger partial charge in [0.25, 0.3) is 5.91 Å². The van der Waals surface area contributed by atoms with Gasteiger partial charge in [0.2, 0.25) is 0 Å². The van der Waals surface area contributed by atoms with Crippen LogP contribution in [0.4, 0.5) is 5.69 Å². The van der Waals surface area contributed by atoms with Gasteiger partial charge in [-0.2, -0.15) is 0 Å². The molecule has 0 fully saturated rings. The lowest BCUT2D eigenvalue weighted by Crippen LogP contribution is -2.45. The monoisotopic (exact) mass is 277 g/mol. The molecule has 0 bridgehead atoms. The van der Waals surface area contributed by atoms with Gasteiger partial charge < -0.3 is 15.5 Å². The number of amides is 1. The number of carbonyl (C=O) groups is 1. The van der Waals surface area contributed by atoms with Crippen LogP contribution >= 0.6 is 0 Å². The number of nitrogens with zero attached hydrogens (tertiary/aromatic N) is 1. The number of benzene rings is 1. The fourth-order valence-electron chi connectivity index (χ4n) is 2.13. The molecule has 1 aromatic rings. The number of anilines is 1. The molecule has 0 aromatic heterocycles. The van der Waals surface area contributed by atoms with E-state index in [0.717, 1.165) is 17.8 Å². The van der Waals surface area contributed by atoms with Gasteiger partial charge in [0.1, 0.15) is 0 Å². The molecular weight excluding hydrogens is 250 g/mol. The lowest BCUT2D eigenvalue weighted by Gasteiger charge is -2.26. The molecule has 1 unspecified atom stereocenters. The van der Waals surface area contributed by atoms with Gasteiger partial charge in [0.05, 0.1) is 5.56 Å². The van der Waals surface area contributed by atoms with E-state index in [9.17, 15) is 4.79 Å². The molecule has 112 valence electrons. The van der Waals surface area contributed by atoms with Crippen molar-refractivity contribution < 1.29 is 4.79 Å². The summed E-state index contributed by atoms with van der Waals surface area (Å²) in [5, 5.41) is 6.23. The maximum atomic E-state index is 12.5.